The van der Waals surface area contributed by atoms with Crippen molar-refractivity contribution in [2.75, 3.05) is 6.54 Å². The molecule has 1 aliphatic rings. The Labute approximate surface area is 355 Å². The summed E-state index contributed by atoms with van der Waals surface area (Å²) in [7, 11) is 0. The first-order chi connectivity index (χ1) is 29.0. The fraction of sp³-hybridized carbons (Fsp3) is 0.488. The number of amides is 6. The number of aromatic nitrogens is 2. The molecule has 1 saturated heterocycles. The Morgan fingerprint density at radius 3 is 1.97 bits per heavy atom. The number of rotatable bonds is 21. The SMILES string of the molecule is CC[C@H](C)[C@H](NC(=O)[C@H](Cc1ccc(O)cc1)NC(=O)[C@@H](NC(=O)[C@@H](C)N)C(C)C)C(=O)N[C@@H](Cc1cnc[nH]1)C(=O)N1CCC[C@H]1C(=O)N[C@@H](Cc1ccccc1)C(=O)O. The molecule has 4 rings (SSSR count). The van der Waals surface area contributed by atoms with Crippen LogP contribution in [0.15, 0.2) is 67.1 Å². The number of likely N-dealkylation sites (tertiary alicyclic amines) is 1. The number of phenols is 1. The Morgan fingerprint density at radius 2 is 1.38 bits per heavy atom. The highest BCUT2D eigenvalue weighted by Crippen LogP contribution is 2.21. The van der Waals surface area contributed by atoms with Crippen molar-refractivity contribution in [3.8, 4) is 5.75 Å². The zero-order valence-corrected chi connectivity index (χ0v) is 35.2. The molecular weight excluding hydrogens is 787 g/mol. The average molecular weight is 846 g/mol. The highest BCUT2D eigenvalue weighted by molar-refractivity contribution is 5.97. The zero-order chi connectivity index (χ0) is 44.8. The van der Waals surface area contributed by atoms with Crippen molar-refractivity contribution < 1.29 is 43.8 Å². The highest BCUT2D eigenvalue weighted by atomic mass is 16.4. The maximum absolute atomic E-state index is 14.4. The quantitative estimate of drug-likeness (QED) is 0.0720. The Bertz CT molecular complexity index is 1960. The number of nitrogens with zero attached hydrogens (tertiary/aromatic N) is 2. The van der Waals surface area contributed by atoms with E-state index in [1.807, 2.05) is 6.92 Å². The lowest BCUT2D eigenvalue weighted by atomic mass is 9.96. The maximum atomic E-state index is 14.4. The standard InChI is InChI=1S/C43H59N9O9/c1-6-25(4)36(51-38(55)31(19-28-14-16-30(53)17-15-28)47-40(57)35(24(2)3)50-37(54)26(5)44)41(58)48-32(21-29-22-45-23-46-29)42(59)52-18-10-13-34(52)39(56)49-33(43(60)61)20-27-11-8-7-9-12-27/h7-9,11-12,14-17,22-26,31-36,53H,6,10,13,18-21,44H2,1-5H3,(H,45,46)(H,47,57)(H,48,58)(H,49,56)(H,50,54)(H,51,55)(H,60,61)/t25-,26+,31-,32-,33-,34-,35-,36-/m0/s1. The number of carboxylic acid groups (broad SMARTS) is 1. The van der Waals surface area contributed by atoms with Crippen LogP contribution in [-0.4, -0.2) is 115 Å². The number of carboxylic acids is 1. The summed E-state index contributed by atoms with van der Waals surface area (Å²) in [5.74, 6) is -5.97. The largest absolute Gasteiger partial charge is 0.508 e. The Balaban J connectivity index is 1.57. The van der Waals surface area contributed by atoms with Crippen LogP contribution in [-0.2, 0) is 52.8 Å². The van der Waals surface area contributed by atoms with E-state index < -0.39 is 95.5 Å². The van der Waals surface area contributed by atoms with Crippen LogP contribution in [0.4, 0.5) is 0 Å². The second-order valence-corrected chi connectivity index (χ2v) is 15.9. The van der Waals surface area contributed by atoms with E-state index in [2.05, 4.69) is 36.6 Å². The molecule has 0 aliphatic carbocycles. The number of carbonyl (C=O) groups is 7. The predicted octanol–water partition coefficient (Wildman–Crippen LogP) is 0.692. The number of aromatic hydroxyl groups is 1. The van der Waals surface area contributed by atoms with Crippen molar-refractivity contribution in [3.05, 3.63) is 83.9 Å². The zero-order valence-electron chi connectivity index (χ0n) is 35.2. The van der Waals surface area contributed by atoms with E-state index in [1.165, 1.54) is 36.5 Å². The van der Waals surface area contributed by atoms with Gasteiger partial charge in [-0.3, -0.25) is 28.8 Å². The van der Waals surface area contributed by atoms with E-state index in [-0.39, 0.29) is 38.0 Å². The fourth-order valence-electron chi connectivity index (χ4n) is 7.01. The molecule has 8 atom stereocenters. The third-order valence-corrected chi connectivity index (χ3v) is 10.8. The van der Waals surface area contributed by atoms with Crippen LogP contribution < -0.4 is 32.3 Å². The van der Waals surface area contributed by atoms with Crippen LogP contribution in [0.1, 0.15) is 70.7 Å². The second-order valence-electron chi connectivity index (χ2n) is 15.9. The van der Waals surface area contributed by atoms with Gasteiger partial charge in [-0.25, -0.2) is 9.78 Å². The summed E-state index contributed by atoms with van der Waals surface area (Å²) in [6.07, 6.45) is 3.99. The molecule has 6 amide bonds. The van der Waals surface area contributed by atoms with Gasteiger partial charge in [0.05, 0.1) is 12.4 Å². The Kier molecular flexibility index (Phi) is 17.4. The molecule has 18 heteroatoms. The van der Waals surface area contributed by atoms with Gasteiger partial charge >= 0.3 is 5.97 Å². The minimum atomic E-state index is -1.26. The summed E-state index contributed by atoms with van der Waals surface area (Å²) in [5.41, 5.74) is 7.53. The topological polar surface area (TPSA) is 278 Å². The van der Waals surface area contributed by atoms with Crippen molar-refractivity contribution in [2.24, 2.45) is 17.6 Å². The number of imidazole rings is 1. The number of hydrogen-bond acceptors (Lipinski definition) is 10. The lowest BCUT2D eigenvalue weighted by Crippen LogP contribution is -2.61. The van der Waals surface area contributed by atoms with Gasteiger partial charge in [-0.2, -0.15) is 0 Å². The number of hydrogen-bond donors (Lipinski definition) is 9. The molecule has 61 heavy (non-hydrogen) atoms. The van der Waals surface area contributed by atoms with Crippen molar-refractivity contribution in [1.29, 1.82) is 0 Å². The third kappa shape index (κ3) is 13.6. The van der Waals surface area contributed by atoms with Gasteiger partial charge in [-0.05, 0) is 54.9 Å². The van der Waals surface area contributed by atoms with Gasteiger partial charge in [0.2, 0.25) is 35.4 Å². The molecule has 0 radical (unpaired) electrons. The monoisotopic (exact) mass is 845 g/mol. The summed E-state index contributed by atoms with van der Waals surface area (Å²) in [6.45, 7) is 8.67. The number of benzene rings is 2. The van der Waals surface area contributed by atoms with Crippen molar-refractivity contribution in [3.63, 3.8) is 0 Å². The lowest BCUT2D eigenvalue weighted by Gasteiger charge is -2.32. The highest BCUT2D eigenvalue weighted by Gasteiger charge is 2.41. The van der Waals surface area contributed by atoms with Crippen molar-refractivity contribution >= 4 is 41.4 Å². The number of nitrogens with one attached hydrogen (secondary N) is 6. The summed E-state index contributed by atoms with van der Waals surface area (Å²) in [4.78, 5) is 103. The number of H-pyrrole nitrogens is 1. The molecule has 18 nitrogen and oxygen atoms in total. The van der Waals surface area contributed by atoms with E-state index in [4.69, 9.17) is 5.73 Å². The van der Waals surface area contributed by atoms with Crippen LogP contribution in [0, 0.1) is 11.8 Å². The van der Waals surface area contributed by atoms with Gasteiger partial charge in [0.25, 0.3) is 0 Å². The third-order valence-electron chi connectivity index (χ3n) is 10.8. The van der Waals surface area contributed by atoms with E-state index in [0.717, 1.165) is 0 Å². The van der Waals surface area contributed by atoms with Crippen LogP contribution in [0.25, 0.3) is 0 Å². The number of aromatic amines is 1. The van der Waals surface area contributed by atoms with Gasteiger partial charge in [-0.15, -0.1) is 0 Å². The first-order valence-corrected chi connectivity index (χ1v) is 20.6. The smallest absolute Gasteiger partial charge is 0.326 e. The van der Waals surface area contributed by atoms with Crippen LogP contribution in [0.3, 0.4) is 0 Å². The van der Waals surface area contributed by atoms with E-state index in [9.17, 15) is 43.8 Å². The van der Waals surface area contributed by atoms with Gasteiger partial charge in [0, 0.05) is 37.7 Å². The number of phenolic OH excluding ortho intramolecular Hbond substituents is 1. The number of aliphatic carboxylic acids is 1. The molecule has 0 unspecified atom stereocenters. The van der Waals surface area contributed by atoms with Crippen molar-refractivity contribution in [2.45, 2.75) is 115 Å². The molecule has 0 saturated carbocycles. The molecule has 0 bridgehead atoms. The molecule has 2 heterocycles. The summed E-state index contributed by atoms with van der Waals surface area (Å²) in [5, 5.41) is 33.4. The van der Waals surface area contributed by atoms with Gasteiger partial charge in [-0.1, -0.05) is 76.6 Å². The second kappa shape index (κ2) is 22.3. The first-order valence-electron chi connectivity index (χ1n) is 20.6. The lowest BCUT2D eigenvalue weighted by molar-refractivity contribution is -0.145. The van der Waals surface area contributed by atoms with Crippen molar-refractivity contribution in [1.82, 2.24) is 41.5 Å². The molecule has 3 aromatic rings. The maximum Gasteiger partial charge on any atom is 0.326 e. The summed E-state index contributed by atoms with van der Waals surface area (Å²) in [6, 6.07) is 6.97. The fourth-order valence-corrected chi connectivity index (χ4v) is 7.01. The first kappa shape index (κ1) is 47.4. The van der Waals surface area contributed by atoms with Gasteiger partial charge < -0.3 is 52.4 Å². The number of nitrogens with two attached hydrogens (primary N) is 1. The average Bonchev–Trinajstić information content (AvgIpc) is 3.94. The molecule has 10 N–H and O–H groups in total. The van der Waals surface area contributed by atoms with E-state index in [0.29, 0.717) is 29.7 Å². The van der Waals surface area contributed by atoms with Crippen LogP contribution in [0.2, 0.25) is 0 Å². The van der Waals surface area contributed by atoms with Crippen LogP contribution in [0.5, 0.6) is 5.75 Å². The van der Waals surface area contributed by atoms with E-state index in [1.54, 1.807) is 63.2 Å². The molecule has 0 spiro atoms. The summed E-state index contributed by atoms with van der Waals surface area (Å²) < 4.78 is 0. The predicted molar refractivity (Wildman–Crippen MR) is 224 cm³/mol. The minimum Gasteiger partial charge on any atom is -0.508 e. The molecule has 1 aromatic heterocycles. The minimum absolute atomic E-state index is 0.00610. The molecule has 1 aliphatic heterocycles. The number of carbonyl (C=O) groups excluding carboxylic acids is 6. The van der Waals surface area contributed by atoms with Gasteiger partial charge in [0.1, 0.15) is 42.0 Å². The molecular formula is C43H59N9O9. The molecule has 2 aromatic carbocycles. The van der Waals surface area contributed by atoms with Gasteiger partial charge in [0.15, 0.2) is 0 Å². The Morgan fingerprint density at radius 1 is 0.770 bits per heavy atom. The summed E-state index contributed by atoms with van der Waals surface area (Å²) >= 11 is 0. The normalized spacial score (nSPS) is 17.2. The molecule has 1 fully saturated rings. The van der Waals surface area contributed by atoms with E-state index >= 15 is 0 Å². The Hall–Kier alpha value is -6.30. The molecule has 330 valence electrons. The van der Waals surface area contributed by atoms with Crippen LogP contribution >= 0.6 is 0 Å².